The van der Waals surface area contributed by atoms with Gasteiger partial charge in [-0.05, 0) is 25.5 Å². The molecule has 1 rings (SSSR count). The molecule has 8 nitrogen and oxygen atoms in total. The van der Waals surface area contributed by atoms with E-state index in [2.05, 4.69) is 20.3 Å². The number of hydrogen-bond donors (Lipinski definition) is 3. The number of sulfonamides is 1. The molecule has 0 saturated carbocycles. The van der Waals surface area contributed by atoms with Crippen LogP contribution in [0.3, 0.4) is 0 Å². The molecule has 1 heterocycles. The van der Waals surface area contributed by atoms with Crippen LogP contribution in [0.4, 0.5) is 0 Å². The molecule has 24 heavy (non-hydrogen) atoms. The fourth-order valence-electron chi connectivity index (χ4n) is 1.66. The van der Waals surface area contributed by atoms with Gasteiger partial charge in [0.05, 0.1) is 12.0 Å². The van der Waals surface area contributed by atoms with Gasteiger partial charge in [0.2, 0.25) is 10.0 Å². The van der Waals surface area contributed by atoms with Crippen molar-refractivity contribution in [2.24, 2.45) is 4.99 Å². The van der Waals surface area contributed by atoms with E-state index in [9.17, 15) is 8.42 Å². The van der Waals surface area contributed by atoms with Crippen molar-refractivity contribution in [3.8, 4) is 0 Å². The molecule has 0 aliphatic heterocycles. The quantitative estimate of drug-likeness (QED) is 0.191. The van der Waals surface area contributed by atoms with Gasteiger partial charge in [-0.2, -0.15) is 0 Å². The third kappa shape index (κ3) is 10.8. The number of ether oxygens (including phenoxy) is 1. The van der Waals surface area contributed by atoms with E-state index < -0.39 is 10.0 Å². The fraction of sp³-hybridized carbons (Fsp3) is 0.643. The Kier molecular flexibility index (Phi) is 13.0. The Morgan fingerprint density at radius 2 is 2.04 bits per heavy atom. The highest BCUT2D eigenvalue weighted by Gasteiger charge is 2.04. The maximum absolute atomic E-state index is 11.3. The minimum Gasteiger partial charge on any atom is -0.467 e. The van der Waals surface area contributed by atoms with Gasteiger partial charge < -0.3 is 19.8 Å². The lowest BCUT2D eigenvalue weighted by atomic mass is 10.4. The Morgan fingerprint density at radius 1 is 1.29 bits per heavy atom. The average molecular weight is 474 g/mol. The Labute approximate surface area is 160 Å². The molecule has 0 saturated heterocycles. The fourth-order valence-corrected chi connectivity index (χ4v) is 2.28. The molecule has 0 atom stereocenters. The number of nitrogens with zero attached hydrogens (tertiary/aromatic N) is 1. The van der Waals surface area contributed by atoms with Gasteiger partial charge in [-0.1, -0.05) is 0 Å². The molecule has 140 valence electrons. The van der Waals surface area contributed by atoms with Crippen molar-refractivity contribution in [3.05, 3.63) is 24.2 Å². The van der Waals surface area contributed by atoms with E-state index >= 15 is 0 Å². The molecule has 0 aliphatic rings. The van der Waals surface area contributed by atoms with Crippen LogP contribution in [-0.2, 0) is 21.4 Å². The van der Waals surface area contributed by atoms with Gasteiger partial charge in [0.1, 0.15) is 12.4 Å². The highest BCUT2D eigenvalue weighted by Crippen LogP contribution is 2.01. The summed E-state index contributed by atoms with van der Waals surface area (Å²) < 4.78 is 35.7. The average Bonchev–Trinajstić information content (AvgIpc) is 3.06. The molecule has 0 amide bonds. The molecule has 0 unspecified atom stereocenters. The number of guanidine groups is 1. The lowest BCUT2D eigenvalue weighted by Crippen LogP contribution is -2.42. The van der Waals surface area contributed by atoms with E-state index in [1.54, 1.807) is 20.2 Å². The Bertz CT molecular complexity index is 549. The summed E-state index contributed by atoms with van der Waals surface area (Å²) in [5.41, 5.74) is 0. The summed E-state index contributed by atoms with van der Waals surface area (Å²) in [7, 11) is -1.48. The molecule has 1 aromatic heterocycles. The molecule has 0 radical (unpaired) electrons. The highest BCUT2D eigenvalue weighted by atomic mass is 127. The Morgan fingerprint density at radius 3 is 2.67 bits per heavy atom. The predicted molar refractivity (Wildman–Crippen MR) is 105 cm³/mol. The van der Waals surface area contributed by atoms with Crippen LogP contribution in [0.25, 0.3) is 0 Å². The van der Waals surface area contributed by atoms with Gasteiger partial charge in [0, 0.05) is 33.3 Å². The van der Waals surface area contributed by atoms with Crippen molar-refractivity contribution >= 4 is 40.0 Å². The van der Waals surface area contributed by atoms with E-state index in [1.165, 1.54) is 0 Å². The first-order chi connectivity index (χ1) is 11.1. The number of furan rings is 1. The van der Waals surface area contributed by atoms with Crippen LogP contribution in [-0.4, -0.2) is 53.4 Å². The van der Waals surface area contributed by atoms with Crippen LogP contribution in [0.2, 0.25) is 0 Å². The summed E-state index contributed by atoms with van der Waals surface area (Å²) in [6, 6.07) is 3.70. The van der Waals surface area contributed by atoms with Crippen molar-refractivity contribution in [2.75, 3.05) is 39.0 Å². The molecular weight excluding hydrogens is 447 g/mol. The monoisotopic (exact) mass is 474 g/mol. The van der Waals surface area contributed by atoms with E-state index in [1.807, 2.05) is 12.1 Å². The van der Waals surface area contributed by atoms with E-state index in [0.717, 1.165) is 12.2 Å². The summed E-state index contributed by atoms with van der Waals surface area (Å²) >= 11 is 0. The lowest BCUT2D eigenvalue weighted by Gasteiger charge is -2.12. The third-order valence-corrected chi connectivity index (χ3v) is 4.33. The second-order valence-corrected chi connectivity index (χ2v) is 6.80. The van der Waals surface area contributed by atoms with Crippen molar-refractivity contribution in [1.29, 1.82) is 0 Å². The van der Waals surface area contributed by atoms with Crippen LogP contribution < -0.4 is 15.4 Å². The standard InChI is InChI=1S/C14H26N4O4S.HI/c1-3-23(19,20)18-9-8-17-14(15-2)16-7-5-10-21-12-13-6-4-11-22-13;/h4,6,11,18H,3,5,7-10,12H2,1-2H3,(H2,15,16,17);1H. The van der Waals surface area contributed by atoms with Crippen molar-refractivity contribution in [2.45, 2.75) is 20.0 Å². The Hall–Kier alpha value is -0.850. The van der Waals surface area contributed by atoms with E-state index in [-0.39, 0.29) is 29.7 Å². The highest BCUT2D eigenvalue weighted by molar-refractivity contribution is 14.0. The van der Waals surface area contributed by atoms with Gasteiger partial charge in [-0.15, -0.1) is 24.0 Å². The normalized spacial score (nSPS) is 11.8. The Balaban J connectivity index is 0.00000529. The zero-order valence-corrected chi connectivity index (χ0v) is 17.2. The summed E-state index contributed by atoms with van der Waals surface area (Å²) in [6.45, 7) is 4.18. The molecule has 3 N–H and O–H groups in total. The smallest absolute Gasteiger partial charge is 0.211 e. The van der Waals surface area contributed by atoms with Gasteiger partial charge in [0.25, 0.3) is 0 Å². The summed E-state index contributed by atoms with van der Waals surface area (Å²) in [4.78, 5) is 4.06. The van der Waals surface area contributed by atoms with Gasteiger partial charge in [-0.25, -0.2) is 13.1 Å². The van der Waals surface area contributed by atoms with Crippen LogP contribution in [0.15, 0.2) is 27.8 Å². The van der Waals surface area contributed by atoms with Gasteiger partial charge >= 0.3 is 0 Å². The SMILES string of the molecule is CCS(=O)(=O)NCCNC(=NC)NCCCOCc1ccco1.I. The first-order valence-electron chi connectivity index (χ1n) is 7.59. The minimum atomic E-state index is -3.14. The van der Waals surface area contributed by atoms with Crippen LogP contribution in [0.5, 0.6) is 0 Å². The zero-order chi connectivity index (χ0) is 17.0. The molecule has 0 bridgehead atoms. The van der Waals surface area contributed by atoms with Crippen LogP contribution in [0, 0.1) is 0 Å². The molecule has 1 aromatic rings. The first kappa shape index (κ1) is 23.1. The van der Waals surface area contributed by atoms with Crippen molar-refractivity contribution in [3.63, 3.8) is 0 Å². The molecule has 10 heteroatoms. The van der Waals surface area contributed by atoms with E-state index in [0.29, 0.717) is 38.8 Å². The molecule has 0 aliphatic carbocycles. The van der Waals surface area contributed by atoms with Crippen molar-refractivity contribution < 1.29 is 17.6 Å². The maximum atomic E-state index is 11.3. The van der Waals surface area contributed by atoms with Crippen molar-refractivity contribution in [1.82, 2.24) is 15.4 Å². The van der Waals surface area contributed by atoms with Gasteiger partial charge in [0.15, 0.2) is 5.96 Å². The topological polar surface area (TPSA) is 105 Å². The number of halogens is 1. The lowest BCUT2D eigenvalue weighted by molar-refractivity contribution is 0.105. The number of nitrogens with one attached hydrogen (secondary N) is 3. The first-order valence-corrected chi connectivity index (χ1v) is 9.24. The maximum Gasteiger partial charge on any atom is 0.211 e. The summed E-state index contributed by atoms with van der Waals surface area (Å²) in [5, 5.41) is 6.17. The molecule has 0 aromatic carbocycles. The molecule has 0 spiro atoms. The largest absolute Gasteiger partial charge is 0.467 e. The minimum absolute atomic E-state index is 0. The predicted octanol–water partition coefficient (Wildman–Crippen LogP) is 0.909. The molecular formula is C14H27IN4O4S. The van der Waals surface area contributed by atoms with Crippen LogP contribution >= 0.6 is 24.0 Å². The number of aliphatic imine (C=N–C) groups is 1. The second-order valence-electron chi connectivity index (χ2n) is 4.71. The number of rotatable bonds is 11. The zero-order valence-electron chi connectivity index (χ0n) is 14.1. The third-order valence-electron chi connectivity index (χ3n) is 2.93. The van der Waals surface area contributed by atoms with Crippen LogP contribution in [0.1, 0.15) is 19.1 Å². The van der Waals surface area contributed by atoms with E-state index in [4.69, 9.17) is 9.15 Å². The summed E-state index contributed by atoms with van der Waals surface area (Å²) in [6.07, 6.45) is 2.44. The van der Waals surface area contributed by atoms with Gasteiger partial charge in [-0.3, -0.25) is 4.99 Å². The second kappa shape index (κ2) is 13.4. The summed E-state index contributed by atoms with van der Waals surface area (Å²) in [5.74, 6) is 1.52. The molecule has 0 fully saturated rings. The number of hydrogen-bond acceptors (Lipinski definition) is 5.